The van der Waals surface area contributed by atoms with Crippen molar-refractivity contribution in [2.24, 2.45) is 5.92 Å². The smallest absolute Gasteiger partial charge is 0.0275 e. The second-order valence-electron chi connectivity index (χ2n) is 4.04. The van der Waals surface area contributed by atoms with Gasteiger partial charge >= 0.3 is 0 Å². The van der Waals surface area contributed by atoms with E-state index >= 15 is 0 Å². The van der Waals surface area contributed by atoms with Crippen molar-refractivity contribution >= 4 is 0 Å². The number of hydroxylamine groups is 2. The lowest BCUT2D eigenvalue weighted by Crippen LogP contribution is -2.27. The molecule has 2 nitrogen and oxygen atoms in total. The van der Waals surface area contributed by atoms with Gasteiger partial charge in [0.2, 0.25) is 0 Å². The quantitative estimate of drug-likeness (QED) is 0.680. The summed E-state index contributed by atoms with van der Waals surface area (Å²) in [7, 11) is 0. The minimum absolute atomic E-state index is 0.713. The molecule has 1 atom stereocenters. The van der Waals surface area contributed by atoms with Crippen molar-refractivity contribution in [1.29, 1.82) is 0 Å². The summed E-state index contributed by atoms with van der Waals surface area (Å²) in [5, 5.41) is 10.6. The zero-order chi connectivity index (χ0) is 9.68. The van der Waals surface area contributed by atoms with Gasteiger partial charge in [-0.15, -0.1) is 0 Å². The van der Waals surface area contributed by atoms with Gasteiger partial charge in [-0.1, -0.05) is 31.9 Å². The standard InChI is InChI=1S/C11H21NO/c1-3-4-10(2)9-11-5-7-12(13)8-6-11/h9-10,13H,3-8H2,1-2H3. The Labute approximate surface area is 81.2 Å². The Bertz CT molecular complexity index is 167. The third-order valence-electron chi connectivity index (χ3n) is 2.65. The monoisotopic (exact) mass is 183 g/mol. The zero-order valence-electron chi connectivity index (χ0n) is 8.79. The van der Waals surface area contributed by atoms with Gasteiger partial charge in [0, 0.05) is 13.1 Å². The van der Waals surface area contributed by atoms with E-state index in [0.29, 0.717) is 5.92 Å². The summed E-state index contributed by atoms with van der Waals surface area (Å²) in [4.78, 5) is 0. The molecule has 1 rings (SSSR count). The molecule has 1 aliphatic rings. The minimum Gasteiger partial charge on any atom is -0.314 e. The minimum atomic E-state index is 0.713. The second-order valence-corrected chi connectivity index (χ2v) is 4.04. The average Bonchev–Trinajstić information content (AvgIpc) is 2.09. The molecule has 1 fully saturated rings. The largest absolute Gasteiger partial charge is 0.314 e. The van der Waals surface area contributed by atoms with Crippen LogP contribution in [0.25, 0.3) is 0 Å². The van der Waals surface area contributed by atoms with Crippen LogP contribution in [0.2, 0.25) is 0 Å². The number of piperidine rings is 1. The Balaban J connectivity index is 2.34. The van der Waals surface area contributed by atoms with Gasteiger partial charge in [0.1, 0.15) is 0 Å². The van der Waals surface area contributed by atoms with E-state index in [9.17, 15) is 5.21 Å². The molecule has 0 radical (unpaired) electrons. The van der Waals surface area contributed by atoms with Crippen molar-refractivity contribution in [2.45, 2.75) is 39.5 Å². The lowest BCUT2D eigenvalue weighted by atomic mass is 9.97. The van der Waals surface area contributed by atoms with Crippen molar-refractivity contribution in [2.75, 3.05) is 13.1 Å². The van der Waals surface area contributed by atoms with Gasteiger partial charge in [0.15, 0.2) is 0 Å². The predicted molar refractivity (Wildman–Crippen MR) is 54.7 cm³/mol. The van der Waals surface area contributed by atoms with Crippen LogP contribution >= 0.6 is 0 Å². The van der Waals surface area contributed by atoms with Gasteiger partial charge in [-0.3, -0.25) is 0 Å². The Morgan fingerprint density at radius 3 is 2.62 bits per heavy atom. The van der Waals surface area contributed by atoms with E-state index in [1.54, 1.807) is 0 Å². The van der Waals surface area contributed by atoms with Gasteiger partial charge < -0.3 is 5.21 Å². The van der Waals surface area contributed by atoms with E-state index in [-0.39, 0.29) is 0 Å². The Kier molecular flexibility index (Phi) is 4.46. The fourth-order valence-electron chi connectivity index (χ4n) is 1.89. The lowest BCUT2D eigenvalue weighted by molar-refractivity contribution is -0.0960. The van der Waals surface area contributed by atoms with Crippen LogP contribution in [0.15, 0.2) is 11.6 Å². The third-order valence-corrected chi connectivity index (χ3v) is 2.65. The SMILES string of the molecule is CCCC(C)C=C1CCN(O)CC1. The van der Waals surface area contributed by atoms with E-state index in [1.165, 1.54) is 23.5 Å². The summed E-state index contributed by atoms with van der Waals surface area (Å²) in [5.74, 6) is 0.713. The first-order valence-electron chi connectivity index (χ1n) is 5.35. The second kappa shape index (κ2) is 5.40. The molecule has 0 saturated carbocycles. The summed E-state index contributed by atoms with van der Waals surface area (Å²) in [6.07, 6.45) is 7.04. The van der Waals surface area contributed by atoms with Crippen LogP contribution in [0, 0.1) is 5.92 Å². The molecule has 0 amide bonds. The van der Waals surface area contributed by atoms with Gasteiger partial charge in [-0.25, -0.2) is 0 Å². The fraction of sp³-hybridized carbons (Fsp3) is 0.818. The molecule has 0 aliphatic carbocycles. The highest BCUT2D eigenvalue weighted by Crippen LogP contribution is 2.18. The number of rotatable bonds is 3. The fourth-order valence-corrected chi connectivity index (χ4v) is 1.89. The molecular formula is C11H21NO. The van der Waals surface area contributed by atoms with Gasteiger partial charge in [-0.2, -0.15) is 5.06 Å². The van der Waals surface area contributed by atoms with Crippen LogP contribution in [0.1, 0.15) is 39.5 Å². The lowest BCUT2D eigenvalue weighted by Gasteiger charge is -2.23. The highest BCUT2D eigenvalue weighted by molar-refractivity contribution is 5.06. The van der Waals surface area contributed by atoms with Crippen LogP contribution < -0.4 is 0 Å². The van der Waals surface area contributed by atoms with E-state index in [4.69, 9.17) is 0 Å². The predicted octanol–water partition coefficient (Wildman–Crippen LogP) is 2.83. The molecule has 1 saturated heterocycles. The first-order valence-corrected chi connectivity index (χ1v) is 5.35. The molecule has 0 aromatic carbocycles. The normalized spacial score (nSPS) is 21.6. The molecule has 0 aromatic heterocycles. The van der Waals surface area contributed by atoms with Crippen molar-refractivity contribution in [3.8, 4) is 0 Å². The van der Waals surface area contributed by atoms with Crippen LogP contribution in [-0.2, 0) is 0 Å². The average molecular weight is 183 g/mol. The molecule has 2 heteroatoms. The Hall–Kier alpha value is -0.340. The third kappa shape index (κ3) is 3.92. The Morgan fingerprint density at radius 1 is 1.46 bits per heavy atom. The van der Waals surface area contributed by atoms with E-state index in [0.717, 1.165) is 25.9 Å². The van der Waals surface area contributed by atoms with Gasteiger partial charge in [-0.05, 0) is 25.2 Å². The number of allylic oxidation sites excluding steroid dienone is 1. The van der Waals surface area contributed by atoms with E-state index in [2.05, 4.69) is 19.9 Å². The molecule has 1 N–H and O–H groups in total. The van der Waals surface area contributed by atoms with E-state index < -0.39 is 0 Å². The van der Waals surface area contributed by atoms with Gasteiger partial charge in [0.05, 0.1) is 0 Å². The maximum absolute atomic E-state index is 9.17. The van der Waals surface area contributed by atoms with Crippen molar-refractivity contribution in [1.82, 2.24) is 5.06 Å². The molecule has 1 aliphatic heterocycles. The zero-order valence-corrected chi connectivity index (χ0v) is 8.79. The Morgan fingerprint density at radius 2 is 2.08 bits per heavy atom. The summed E-state index contributed by atoms with van der Waals surface area (Å²) >= 11 is 0. The van der Waals surface area contributed by atoms with E-state index in [1.807, 2.05) is 0 Å². The summed E-state index contributed by atoms with van der Waals surface area (Å²) in [6.45, 7) is 6.13. The van der Waals surface area contributed by atoms with Crippen LogP contribution in [0.4, 0.5) is 0 Å². The highest BCUT2D eigenvalue weighted by Gasteiger charge is 2.11. The highest BCUT2D eigenvalue weighted by atomic mass is 16.5. The summed E-state index contributed by atoms with van der Waals surface area (Å²) in [5.41, 5.74) is 1.53. The molecule has 0 aromatic rings. The van der Waals surface area contributed by atoms with Crippen LogP contribution in [0.5, 0.6) is 0 Å². The molecule has 0 spiro atoms. The molecular weight excluding hydrogens is 162 g/mol. The van der Waals surface area contributed by atoms with Crippen LogP contribution in [0.3, 0.4) is 0 Å². The molecule has 0 bridgehead atoms. The van der Waals surface area contributed by atoms with Gasteiger partial charge in [0.25, 0.3) is 0 Å². The maximum atomic E-state index is 9.17. The van der Waals surface area contributed by atoms with Crippen molar-refractivity contribution in [3.63, 3.8) is 0 Å². The molecule has 76 valence electrons. The molecule has 1 heterocycles. The topological polar surface area (TPSA) is 23.5 Å². The van der Waals surface area contributed by atoms with Crippen LogP contribution in [-0.4, -0.2) is 23.4 Å². The number of hydrogen-bond acceptors (Lipinski definition) is 2. The van der Waals surface area contributed by atoms with Crippen molar-refractivity contribution < 1.29 is 5.21 Å². The summed E-state index contributed by atoms with van der Waals surface area (Å²) < 4.78 is 0. The first kappa shape index (κ1) is 10.7. The number of hydrogen-bond donors (Lipinski definition) is 1. The maximum Gasteiger partial charge on any atom is 0.0275 e. The molecule has 1 unspecified atom stereocenters. The summed E-state index contributed by atoms with van der Waals surface area (Å²) in [6, 6.07) is 0. The number of nitrogens with zero attached hydrogens (tertiary/aromatic N) is 1. The van der Waals surface area contributed by atoms with Crippen molar-refractivity contribution in [3.05, 3.63) is 11.6 Å². The first-order chi connectivity index (χ1) is 6.22. The molecule has 13 heavy (non-hydrogen) atoms.